The molecule has 0 aliphatic heterocycles. The van der Waals surface area contributed by atoms with Crippen molar-refractivity contribution in [3.8, 4) is 17.3 Å². The highest BCUT2D eigenvalue weighted by atomic mass is 35.5. The minimum atomic E-state index is -4.62. The molecule has 0 bridgehead atoms. The topological polar surface area (TPSA) is 104 Å². The van der Waals surface area contributed by atoms with E-state index in [1.165, 1.54) is 28.8 Å². The van der Waals surface area contributed by atoms with Gasteiger partial charge in [0, 0.05) is 47.8 Å². The van der Waals surface area contributed by atoms with Crippen molar-refractivity contribution in [2.45, 2.75) is 6.18 Å². The number of imidazole rings is 1. The van der Waals surface area contributed by atoms with Crippen molar-refractivity contribution < 1.29 is 13.2 Å². The second-order valence-corrected chi connectivity index (χ2v) is 7.73. The molecule has 12 heteroatoms. The number of nitriles is 1. The smallest absolute Gasteiger partial charge is 0.404 e. The number of benzene rings is 1. The van der Waals surface area contributed by atoms with Crippen LogP contribution in [0.15, 0.2) is 66.7 Å². The molecule has 0 aliphatic rings. The van der Waals surface area contributed by atoms with Crippen molar-refractivity contribution in [3.05, 3.63) is 82.4 Å². The van der Waals surface area contributed by atoms with E-state index in [-0.39, 0.29) is 23.7 Å². The molecule has 7 nitrogen and oxygen atoms in total. The van der Waals surface area contributed by atoms with Gasteiger partial charge in [0.15, 0.2) is 5.69 Å². The molecule has 4 N–H and O–H groups in total. The van der Waals surface area contributed by atoms with Gasteiger partial charge in [-0.2, -0.15) is 18.4 Å². The average Bonchev–Trinajstić information content (AvgIpc) is 3.22. The molecule has 2 heterocycles. The van der Waals surface area contributed by atoms with Crippen LogP contribution in [-0.2, 0) is 6.18 Å². The van der Waals surface area contributed by atoms with Gasteiger partial charge in [-0.1, -0.05) is 29.8 Å². The van der Waals surface area contributed by atoms with Crippen molar-refractivity contribution in [2.24, 2.45) is 5.73 Å². The Bertz CT molecular complexity index is 1320. The van der Waals surface area contributed by atoms with Crippen LogP contribution in [-0.4, -0.2) is 27.5 Å². The zero-order chi connectivity index (χ0) is 24.9. The summed E-state index contributed by atoms with van der Waals surface area (Å²) in [6, 6.07) is 8.07. The van der Waals surface area contributed by atoms with Gasteiger partial charge in [0.25, 0.3) is 0 Å². The minimum Gasteiger partial charge on any atom is -0.404 e. The van der Waals surface area contributed by atoms with E-state index in [1.54, 1.807) is 18.2 Å². The standard InChI is InChI=1S/C22H18Cl2F3N7/c1-13(2-3-14(10-28)11-29)30-6-7-31-21-32-18(16-5-4-15(23)8-17(16)24)9-20-33-19(12-34(20)21)22(25,26)27/h2-5,8-10,12,30H,1,6-7,28H2,(H,31,32)/b3-2-,14-10+. The fraction of sp³-hybridized carbons (Fsp3) is 0.136. The summed E-state index contributed by atoms with van der Waals surface area (Å²) in [6.45, 7) is 4.44. The normalized spacial score (nSPS) is 12.2. The first-order valence-corrected chi connectivity index (χ1v) is 10.5. The Hall–Kier alpha value is -3.68. The molecule has 3 aromatic rings. The fourth-order valence-electron chi connectivity index (χ4n) is 2.86. The number of aromatic nitrogens is 3. The molecule has 0 aliphatic carbocycles. The monoisotopic (exact) mass is 507 g/mol. The van der Waals surface area contributed by atoms with Crippen molar-refractivity contribution in [2.75, 3.05) is 18.4 Å². The predicted octanol–water partition coefficient (Wildman–Crippen LogP) is 5.16. The number of rotatable bonds is 8. The first kappa shape index (κ1) is 25.0. The third-order valence-corrected chi connectivity index (χ3v) is 5.03. The van der Waals surface area contributed by atoms with Crippen LogP contribution in [0.3, 0.4) is 0 Å². The maximum absolute atomic E-state index is 13.3. The molecular formula is C22H18Cl2F3N7. The predicted molar refractivity (Wildman–Crippen MR) is 126 cm³/mol. The van der Waals surface area contributed by atoms with E-state index in [4.69, 9.17) is 34.2 Å². The number of anilines is 1. The van der Waals surface area contributed by atoms with Crippen LogP contribution in [0, 0.1) is 11.3 Å². The molecular weight excluding hydrogens is 490 g/mol. The van der Waals surface area contributed by atoms with E-state index in [0.717, 1.165) is 6.20 Å². The van der Waals surface area contributed by atoms with Crippen LogP contribution in [0.25, 0.3) is 16.9 Å². The van der Waals surface area contributed by atoms with Crippen molar-refractivity contribution >= 4 is 34.8 Å². The second kappa shape index (κ2) is 10.5. The Kier molecular flexibility index (Phi) is 7.71. The Balaban J connectivity index is 1.84. The molecule has 0 radical (unpaired) electrons. The Labute approximate surface area is 203 Å². The van der Waals surface area contributed by atoms with Gasteiger partial charge in [0.1, 0.15) is 11.7 Å². The van der Waals surface area contributed by atoms with E-state index in [9.17, 15) is 13.2 Å². The highest BCUT2D eigenvalue weighted by Crippen LogP contribution is 2.33. The van der Waals surface area contributed by atoms with Crippen LogP contribution in [0.5, 0.6) is 0 Å². The van der Waals surface area contributed by atoms with E-state index < -0.39 is 11.9 Å². The lowest BCUT2D eigenvalue weighted by atomic mass is 10.1. The zero-order valence-electron chi connectivity index (χ0n) is 17.5. The molecule has 3 rings (SSSR count). The van der Waals surface area contributed by atoms with E-state index >= 15 is 0 Å². The molecule has 0 saturated heterocycles. The van der Waals surface area contributed by atoms with E-state index in [1.807, 2.05) is 6.07 Å². The van der Waals surface area contributed by atoms with Crippen molar-refractivity contribution in [3.63, 3.8) is 0 Å². The van der Waals surface area contributed by atoms with Gasteiger partial charge < -0.3 is 16.4 Å². The van der Waals surface area contributed by atoms with E-state index in [0.29, 0.717) is 33.5 Å². The quantitative estimate of drug-likeness (QED) is 0.221. The SMILES string of the molecule is C=C(/C=C\C(C#N)=C/N)NCCNc1nc(-c2ccc(Cl)cc2Cl)cc2nc(C(F)(F)F)cn12. The molecule has 0 spiro atoms. The third kappa shape index (κ3) is 6.01. The van der Waals surface area contributed by atoms with Crippen LogP contribution in [0.4, 0.5) is 19.1 Å². The zero-order valence-corrected chi connectivity index (χ0v) is 19.0. The number of hydrogen-bond donors (Lipinski definition) is 3. The summed E-state index contributed by atoms with van der Waals surface area (Å²) in [5.74, 6) is 0.141. The molecule has 176 valence electrons. The number of allylic oxidation sites excluding steroid dienone is 3. The molecule has 0 unspecified atom stereocenters. The number of hydrogen-bond acceptors (Lipinski definition) is 6. The maximum atomic E-state index is 13.3. The Morgan fingerprint density at radius 1 is 1.21 bits per heavy atom. The third-order valence-electron chi connectivity index (χ3n) is 4.48. The molecule has 0 fully saturated rings. The van der Waals surface area contributed by atoms with Crippen molar-refractivity contribution in [1.29, 1.82) is 5.26 Å². The van der Waals surface area contributed by atoms with Crippen LogP contribution in [0.1, 0.15) is 5.69 Å². The second-order valence-electron chi connectivity index (χ2n) is 6.89. The average molecular weight is 508 g/mol. The largest absolute Gasteiger partial charge is 0.434 e. The van der Waals surface area contributed by atoms with Gasteiger partial charge in [-0.3, -0.25) is 4.40 Å². The first-order valence-electron chi connectivity index (χ1n) is 9.72. The molecule has 2 aromatic heterocycles. The number of fused-ring (bicyclic) bond motifs is 1. The first-order chi connectivity index (χ1) is 16.1. The highest BCUT2D eigenvalue weighted by molar-refractivity contribution is 6.36. The summed E-state index contributed by atoms with van der Waals surface area (Å²) < 4.78 is 41.0. The number of halogens is 5. The van der Waals surface area contributed by atoms with Gasteiger partial charge in [0.2, 0.25) is 5.95 Å². The summed E-state index contributed by atoms with van der Waals surface area (Å²) in [7, 11) is 0. The number of nitrogens with one attached hydrogen (secondary N) is 2. The highest BCUT2D eigenvalue weighted by Gasteiger charge is 2.34. The lowest BCUT2D eigenvalue weighted by Gasteiger charge is -2.12. The molecule has 0 saturated carbocycles. The van der Waals surface area contributed by atoms with Gasteiger partial charge in [0.05, 0.1) is 16.3 Å². The Morgan fingerprint density at radius 3 is 2.62 bits per heavy atom. The lowest BCUT2D eigenvalue weighted by molar-refractivity contribution is -0.140. The molecule has 1 aromatic carbocycles. The minimum absolute atomic E-state index is 0.0451. The number of alkyl halides is 3. The fourth-order valence-corrected chi connectivity index (χ4v) is 3.37. The maximum Gasteiger partial charge on any atom is 0.434 e. The van der Waals surface area contributed by atoms with Gasteiger partial charge in [-0.25, -0.2) is 9.97 Å². The number of nitrogens with two attached hydrogens (primary N) is 1. The summed E-state index contributed by atoms with van der Waals surface area (Å²) in [6.07, 6.45) is 0.496. The summed E-state index contributed by atoms with van der Waals surface area (Å²) in [5, 5.41) is 15.6. The molecule has 0 atom stereocenters. The summed E-state index contributed by atoms with van der Waals surface area (Å²) >= 11 is 12.2. The molecule has 34 heavy (non-hydrogen) atoms. The van der Waals surface area contributed by atoms with Gasteiger partial charge in [-0.15, -0.1) is 0 Å². The van der Waals surface area contributed by atoms with Crippen LogP contribution < -0.4 is 16.4 Å². The lowest BCUT2D eigenvalue weighted by Crippen LogP contribution is -2.22. The van der Waals surface area contributed by atoms with Crippen LogP contribution in [0.2, 0.25) is 10.0 Å². The van der Waals surface area contributed by atoms with Gasteiger partial charge >= 0.3 is 6.18 Å². The Morgan fingerprint density at radius 2 is 1.97 bits per heavy atom. The van der Waals surface area contributed by atoms with Crippen LogP contribution >= 0.6 is 23.2 Å². The summed E-state index contributed by atoms with van der Waals surface area (Å²) in [4.78, 5) is 8.15. The van der Waals surface area contributed by atoms with Gasteiger partial charge in [-0.05, 0) is 30.4 Å². The van der Waals surface area contributed by atoms with E-state index in [2.05, 4.69) is 27.2 Å². The molecule has 0 amide bonds. The van der Waals surface area contributed by atoms with Crippen molar-refractivity contribution in [1.82, 2.24) is 19.7 Å². The summed E-state index contributed by atoms with van der Waals surface area (Å²) in [5.41, 5.74) is 5.90. The number of nitrogens with zero attached hydrogens (tertiary/aromatic N) is 4.